The summed E-state index contributed by atoms with van der Waals surface area (Å²) in [5.41, 5.74) is 11.2. The number of nitrogens with zero attached hydrogens (tertiary/aromatic N) is 4. The van der Waals surface area contributed by atoms with Crippen LogP contribution in [0.4, 0.5) is 11.5 Å². The van der Waals surface area contributed by atoms with Crippen LogP contribution in [0.25, 0.3) is 33.1 Å². The van der Waals surface area contributed by atoms with Crippen LogP contribution in [0.3, 0.4) is 0 Å². The molecule has 3 aromatic heterocycles. The maximum absolute atomic E-state index is 12.0. The van der Waals surface area contributed by atoms with E-state index in [-0.39, 0.29) is 11.8 Å². The molecule has 0 bridgehead atoms. The third-order valence-electron chi connectivity index (χ3n) is 5.13. The second kappa shape index (κ2) is 6.23. The molecule has 1 aliphatic carbocycles. The minimum absolute atomic E-state index is 0.0316. The summed E-state index contributed by atoms with van der Waals surface area (Å²) < 4.78 is 0. The number of carbonyl (C=O) groups excluding carboxylic acids is 1. The Bertz CT molecular complexity index is 1250. The summed E-state index contributed by atoms with van der Waals surface area (Å²) in [5.74, 6) is 0.700. The first kappa shape index (κ1) is 16.6. The largest absolute Gasteiger partial charge is 0.398 e. The van der Waals surface area contributed by atoms with Crippen LogP contribution >= 0.6 is 0 Å². The van der Waals surface area contributed by atoms with Crippen molar-refractivity contribution in [3.63, 3.8) is 0 Å². The van der Waals surface area contributed by atoms with E-state index in [9.17, 15) is 4.79 Å². The van der Waals surface area contributed by atoms with Gasteiger partial charge in [0, 0.05) is 47.3 Å². The number of nitrogens with one attached hydrogen (secondary N) is 1. The summed E-state index contributed by atoms with van der Waals surface area (Å²) >= 11 is 0. The van der Waals surface area contributed by atoms with Gasteiger partial charge in [-0.15, -0.1) is 0 Å². The van der Waals surface area contributed by atoms with E-state index in [2.05, 4.69) is 25.3 Å². The highest BCUT2D eigenvalue weighted by Gasteiger charge is 2.29. The van der Waals surface area contributed by atoms with Crippen LogP contribution in [-0.4, -0.2) is 25.8 Å². The molecule has 1 amide bonds. The zero-order chi connectivity index (χ0) is 19.3. The van der Waals surface area contributed by atoms with E-state index in [4.69, 9.17) is 5.73 Å². The van der Waals surface area contributed by atoms with E-state index >= 15 is 0 Å². The minimum Gasteiger partial charge on any atom is -0.398 e. The SMILES string of the molecule is Cc1c(-c2cc(N)c3cnc(NC(=O)C4CC4)cc3c2)cnc2nccnc12. The van der Waals surface area contributed by atoms with Crippen LogP contribution in [0.2, 0.25) is 0 Å². The molecule has 7 heteroatoms. The number of aromatic nitrogens is 4. The first-order valence-corrected chi connectivity index (χ1v) is 9.17. The number of nitrogen functional groups attached to an aromatic ring is 1. The van der Waals surface area contributed by atoms with E-state index in [1.165, 1.54) is 0 Å². The lowest BCUT2D eigenvalue weighted by Gasteiger charge is -2.12. The van der Waals surface area contributed by atoms with Crippen molar-refractivity contribution in [3.05, 3.63) is 48.5 Å². The van der Waals surface area contributed by atoms with Gasteiger partial charge in [0.05, 0.1) is 0 Å². The molecule has 0 spiro atoms. The molecule has 5 rings (SSSR count). The van der Waals surface area contributed by atoms with Crippen LogP contribution in [-0.2, 0) is 4.79 Å². The Morgan fingerprint density at radius 3 is 2.71 bits per heavy atom. The van der Waals surface area contributed by atoms with E-state index < -0.39 is 0 Å². The second-order valence-corrected chi connectivity index (χ2v) is 7.15. The molecule has 0 unspecified atom stereocenters. The van der Waals surface area contributed by atoms with Crippen molar-refractivity contribution in [2.75, 3.05) is 11.1 Å². The predicted octanol–water partition coefficient (Wildman–Crippen LogP) is 3.48. The van der Waals surface area contributed by atoms with Gasteiger partial charge in [-0.05, 0) is 54.5 Å². The average molecular weight is 370 g/mol. The van der Waals surface area contributed by atoms with Gasteiger partial charge in [0.15, 0.2) is 5.65 Å². The third-order valence-corrected chi connectivity index (χ3v) is 5.13. The van der Waals surface area contributed by atoms with Gasteiger partial charge in [0.25, 0.3) is 0 Å². The van der Waals surface area contributed by atoms with Crippen molar-refractivity contribution in [3.8, 4) is 11.1 Å². The topological polar surface area (TPSA) is 107 Å². The normalized spacial score (nSPS) is 13.8. The maximum atomic E-state index is 12.0. The van der Waals surface area contributed by atoms with E-state index in [1.54, 1.807) is 24.8 Å². The van der Waals surface area contributed by atoms with Crippen LogP contribution in [0, 0.1) is 12.8 Å². The van der Waals surface area contributed by atoms with Gasteiger partial charge in [-0.25, -0.2) is 15.0 Å². The standard InChI is InChI=1S/C21H18N6O/c1-11-15(9-26-20-19(11)23-4-5-24-20)13-6-14-8-18(27-21(28)12-2-3-12)25-10-16(14)17(22)7-13/h4-10,12H,2-3,22H2,1H3,(H,25,27,28). The number of hydrogen-bond acceptors (Lipinski definition) is 6. The zero-order valence-electron chi connectivity index (χ0n) is 15.3. The van der Waals surface area contributed by atoms with Gasteiger partial charge < -0.3 is 11.1 Å². The third kappa shape index (κ3) is 2.81. The number of hydrogen-bond donors (Lipinski definition) is 2. The molecule has 1 aliphatic rings. The fourth-order valence-electron chi connectivity index (χ4n) is 3.41. The van der Waals surface area contributed by atoms with Gasteiger partial charge in [-0.3, -0.25) is 9.78 Å². The first-order chi connectivity index (χ1) is 13.6. The molecule has 0 aliphatic heterocycles. The predicted molar refractivity (Wildman–Crippen MR) is 109 cm³/mol. The van der Waals surface area contributed by atoms with Gasteiger partial charge in [0.2, 0.25) is 5.91 Å². The molecule has 0 saturated heterocycles. The number of aryl methyl sites for hydroxylation is 1. The second-order valence-electron chi connectivity index (χ2n) is 7.15. The monoisotopic (exact) mass is 370 g/mol. The minimum atomic E-state index is 0.0316. The number of benzene rings is 1. The van der Waals surface area contributed by atoms with Gasteiger partial charge in [0.1, 0.15) is 11.3 Å². The molecule has 28 heavy (non-hydrogen) atoms. The smallest absolute Gasteiger partial charge is 0.228 e. The number of pyridine rings is 2. The molecule has 3 heterocycles. The molecule has 0 atom stereocenters. The lowest BCUT2D eigenvalue weighted by Crippen LogP contribution is -2.14. The lowest BCUT2D eigenvalue weighted by atomic mass is 9.98. The zero-order valence-corrected chi connectivity index (χ0v) is 15.3. The number of anilines is 2. The molecule has 138 valence electrons. The molecular weight excluding hydrogens is 352 g/mol. The van der Waals surface area contributed by atoms with Crippen molar-refractivity contribution >= 4 is 39.3 Å². The van der Waals surface area contributed by atoms with Crippen LogP contribution in [0.15, 0.2) is 43.0 Å². The molecule has 1 aromatic carbocycles. The quantitative estimate of drug-likeness (QED) is 0.535. The summed E-state index contributed by atoms with van der Waals surface area (Å²) in [7, 11) is 0. The highest BCUT2D eigenvalue weighted by Crippen LogP contribution is 2.34. The van der Waals surface area contributed by atoms with E-state index in [0.717, 1.165) is 45.8 Å². The molecule has 4 aromatic rings. The lowest BCUT2D eigenvalue weighted by molar-refractivity contribution is -0.117. The number of carbonyl (C=O) groups is 1. The van der Waals surface area contributed by atoms with Crippen LogP contribution in [0.5, 0.6) is 0 Å². The summed E-state index contributed by atoms with van der Waals surface area (Å²) in [5, 5.41) is 4.65. The van der Waals surface area contributed by atoms with E-state index in [1.807, 2.05) is 25.1 Å². The molecule has 0 radical (unpaired) electrons. The molecule has 1 saturated carbocycles. The number of rotatable bonds is 3. The summed E-state index contributed by atoms with van der Waals surface area (Å²) in [4.78, 5) is 29.5. The Morgan fingerprint density at radius 1 is 1.07 bits per heavy atom. The molecule has 1 fully saturated rings. The van der Waals surface area contributed by atoms with Crippen molar-refractivity contribution in [1.29, 1.82) is 0 Å². The fourth-order valence-corrected chi connectivity index (χ4v) is 3.41. The van der Waals surface area contributed by atoms with Crippen molar-refractivity contribution in [2.45, 2.75) is 19.8 Å². The summed E-state index contributed by atoms with van der Waals surface area (Å²) in [6, 6.07) is 5.81. The highest BCUT2D eigenvalue weighted by molar-refractivity contribution is 6.00. The Labute approximate surface area is 161 Å². The highest BCUT2D eigenvalue weighted by atomic mass is 16.2. The van der Waals surface area contributed by atoms with Crippen molar-refractivity contribution < 1.29 is 4.79 Å². The van der Waals surface area contributed by atoms with Gasteiger partial charge in [-0.2, -0.15) is 0 Å². The molecule has 3 N–H and O–H groups in total. The summed E-state index contributed by atoms with van der Waals surface area (Å²) in [6.07, 6.45) is 8.70. The first-order valence-electron chi connectivity index (χ1n) is 9.17. The number of fused-ring (bicyclic) bond motifs is 2. The molecular formula is C21H18N6O. The maximum Gasteiger partial charge on any atom is 0.228 e. The Morgan fingerprint density at radius 2 is 1.89 bits per heavy atom. The van der Waals surface area contributed by atoms with Gasteiger partial charge >= 0.3 is 0 Å². The van der Waals surface area contributed by atoms with Crippen LogP contribution < -0.4 is 11.1 Å². The Kier molecular flexibility index (Phi) is 3.68. The van der Waals surface area contributed by atoms with Crippen molar-refractivity contribution in [1.82, 2.24) is 19.9 Å². The Balaban J connectivity index is 1.61. The average Bonchev–Trinajstić information content (AvgIpc) is 3.53. The summed E-state index contributed by atoms with van der Waals surface area (Å²) in [6.45, 7) is 2.00. The number of amides is 1. The Hall–Kier alpha value is -3.61. The molecule has 7 nitrogen and oxygen atoms in total. The van der Waals surface area contributed by atoms with Crippen LogP contribution in [0.1, 0.15) is 18.4 Å². The number of nitrogens with two attached hydrogens (primary N) is 1. The van der Waals surface area contributed by atoms with E-state index in [0.29, 0.717) is 17.2 Å². The van der Waals surface area contributed by atoms with Gasteiger partial charge in [-0.1, -0.05) is 0 Å². The van der Waals surface area contributed by atoms with Crippen molar-refractivity contribution in [2.24, 2.45) is 5.92 Å². The fraction of sp³-hybridized carbons (Fsp3) is 0.190.